The van der Waals surface area contributed by atoms with E-state index in [4.69, 9.17) is 14.2 Å². The first-order chi connectivity index (χ1) is 13.5. The number of rotatable bonds is 5. The summed E-state index contributed by atoms with van der Waals surface area (Å²) in [4.78, 5) is 16.0. The van der Waals surface area contributed by atoms with Crippen LogP contribution >= 0.6 is 0 Å². The van der Waals surface area contributed by atoms with Gasteiger partial charge in [-0.2, -0.15) is 0 Å². The van der Waals surface area contributed by atoms with Crippen LogP contribution in [0.3, 0.4) is 0 Å². The molecule has 3 unspecified atom stereocenters. The number of morpholine rings is 1. The van der Waals surface area contributed by atoms with Crippen LogP contribution in [0.4, 0.5) is 5.69 Å². The molecular formula is C20H29N3O5. The van der Waals surface area contributed by atoms with E-state index >= 15 is 0 Å². The zero-order chi connectivity index (χ0) is 19.7. The van der Waals surface area contributed by atoms with Crippen molar-refractivity contribution in [2.24, 2.45) is 0 Å². The number of hydrogen-bond donors (Lipinski definition) is 0. The Hall–Kier alpha value is -1.74. The molecule has 3 atom stereocenters. The first-order valence-electron chi connectivity index (χ1n) is 10.1. The van der Waals surface area contributed by atoms with Crippen molar-refractivity contribution in [3.05, 3.63) is 33.4 Å². The maximum absolute atomic E-state index is 11.4. The monoisotopic (exact) mass is 391 g/mol. The minimum Gasteiger partial charge on any atom is -0.467 e. The van der Waals surface area contributed by atoms with Crippen molar-refractivity contribution >= 4 is 5.69 Å². The highest BCUT2D eigenvalue weighted by Crippen LogP contribution is 2.35. The van der Waals surface area contributed by atoms with Gasteiger partial charge >= 0.3 is 0 Å². The van der Waals surface area contributed by atoms with E-state index in [2.05, 4.69) is 23.6 Å². The molecule has 28 heavy (non-hydrogen) atoms. The Balaban J connectivity index is 1.50. The van der Waals surface area contributed by atoms with E-state index in [1.54, 1.807) is 12.1 Å². The molecule has 4 rings (SSSR count). The minimum atomic E-state index is -0.337. The summed E-state index contributed by atoms with van der Waals surface area (Å²) in [7, 11) is 0. The molecule has 8 heteroatoms. The van der Waals surface area contributed by atoms with E-state index in [-0.39, 0.29) is 29.6 Å². The molecule has 0 amide bonds. The molecule has 3 aliphatic rings. The van der Waals surface area contributed by atoms with E-state index in [0.29, 0.717) is 19.2 Å². The van der Waals surface area contributed by atoms with Gasteiger partial charge in [-0.3, -0.25) is 19.9 Å². The number of hydrogen-bond acceptors (Lipinski definition) is 7. The normalized spacial score (nSPS) is 28.7. The summed E-state index contributed by atoms with van der Waals surface area (Å²) >= 11 is 0. The van der Waals surface area contributed by atoms with Crippen molar-refractivity contribution in [2.45, 2.75) is 58.1 Å². The number of non-ortho nitro benzene ring substituents is 1. The number of fused-ring (bicyclic) bond motifs is 1. The second kappa shape index (κ2) is 8.32. The van der Waals surface area contributed by atoms with Gasteiger partial charge in [-0.15, -0.1) is 0 Å². The number of nitro benzene ring substituents is 1. The summed E-state index contributed by atoms with van der Waals surface area (Å²) in [6.45, 7) is 9.43. The zero-order valence-corrected chi connectivity index (χ0v) is 16.6. The third-order valence-corrected chi connectivity index (χ3v) is 5.82. The quantitative estimate of drug-likeness (QED) is 0.564. The van der Waals surface area contributed by atoms with Crippen molar-refractivity contribution in [3.63, 3.8) is 0 Å². The number of likely N-dealkylation sites (tertiary alicyclic amines) is 1. The SMILES string of the molecule is CC1CN(CC2CCCN2Cc2cc([N+](=O)[O-])cc3c2OCOC3)CC(C)O1. The van der Waals surface area contributed by atoms with Crippen LogP contribution in [0.2, 0.25) is 0 Å². The Labute approximate surface area is 165 Å². The summed E-state index contributed by atoms with van der Waals surface area (Å²) in [6.07, 6.45) is 2.83. The second-order valence-corrected chi connectivity index (χ2v) is 8.20. The van der Waals surface area contributed by atoms with E-state index in [9.17, 15) is 10.1 Å². The lowest BCUT2D eigenvalue weighted by Gasteiger charge is -2.38. The molecule has 3 heterocycles. The number of ether oxygens (including phenoxy) is 3. The minimum absolute atomic E-state index is 0.106. The zero-order valence-electron chi connectivity index (χ0n) is 16.6. The fraction of sp³-hybridized carbons (Fsp3) is 0.700. The van der Waals surface area contributed by atoms with Crippen LogP contribution < -0.4 is 4.74 Å². The van der Waals surface area contributed by atoms with Gasteiger partial charge < -0.3 is 14.2 Å². The summed E-state index contributed by atoms with van der Waals surface area (Å²) < 4.78 is 16.9. The van der Waals surface area contributed by atoms with Crippen LogP contribution in [-0.4, -0.2) is 65.9 Å². The predicted molar refractivity (Wildman–Crippen MR) is 103 cm³/mol. The van der Waals surface area contributed by atoms with Gasteiger partial charge in [-0.05, 0) is 33.2 Å². The molecule has 0 spiro atoms. The molecule has 0 aliphatic carbocycles. The van der Waals surface area contributed by atoms with Crippen LogP contribution in [0.15, 0.2) is 12.1 Å². The van der Waals surface area contributed by atoms with Gasteiger partial charge in [0.05, 0.1) is 23.7 Å². The van der Waals surface area contributed by atoms with Gasteiger partial charge in [-0.1, -0.05) is 0 Å². The van der Waals surface area contributed by atoms with Gasteiger partial charge in [0.2, 0.25) is 0 Å². The van der Waals surface area contributed by atoms with Gasteiger partial charge in [0, 0.05) is 55.5 Å². The Morgan fingerprint density at radius 2 is 2.04 bits per heavy atom. The molecular weight excluding hydrogens is 362 g/mol. The van der Waals surface area contributed by atoms with Crippen molar-refractivity contribution in [3.8, 4) is 5.75 Å². The average molecular weight is 391 g/mol. The summed E-state index contributed by atoms with van der Waals surface area (Å²) in [5.74, 6) is 0.760. The fourth-order valence-electron chi connectivity index (χ4n) is 4.76. The predicted octanol–water partition coefficient (Wildman–Crippen LogP) is 2.53. The first kappa shape index (κ1) is 19.6. The van der Waals surface area contributed by atoms with Crippen molar-refractivity contribution < 1.29 is 19.1 Å². The van der Waals surface area contributed by atoms with Crippen LogP contribution in [0.25, 0.3) is 0 Å². The molecule has 1 aromatic rings. The smallest absolute Gasteiger partial charge is 0.270 e. The Morgan fingerprint density at radius 3 is 2.79 bits per heavy atom. The maximum atomic E-state index is 11.4. The largest absolute Gasteiger partial charge is 0.467 e. The van der Waals surface area contributed by atoms with E-state index < -0.39 is 0 Å². The van der Waals surface area contributed by atoms with Gasteiger partial charge in [0.1, 0.15) is 5.75 Å². The molecule has 2 saturated heterocycles. The molecule has 154 valence electrons. The van der Waals surface area contributed by atoms with Crippen LogP contribution in [0, 0.1) is 10.1 Å². The van der Waals surface area contributed by atoms with Gasteiger partial charge in [0.15, 0.2) is 6.79 Å². The standard InChI is InChI=1S/C20H29N3O5/c1-14-8-21(9-15(2)28-14)11-18-4-3-5-22(18)10-16-6-19(23(24)25)7-17-12-26-13-27-20(16)17/h6-7,14-15,18H,3-5,8-13H2,1-2H3. The second-order valence-electron chi connectivity index (χ2n) is 8.20. The van der Waals surface area contributed by atoms with Crippen LogP contribution in [0.5, 0.6) is 5.75 Å². The highest BCUT2D eigenvalue weighted by molar-refractivity contribution is 5.50. The molecule has 0 saturated carbocycles. The summed E-state index contributed by atoms with van der Waals surface area (Å²) in [5, 5.41) is 11.4. The Bertz CT molecular complexity index is 718. The van der Waals surface area contributed by atoms with Gasteiger partial charge in [-0.25, -0.2) is 0 Å². The average Bonchev–Trinajstić information content (AvgIpc) is 3.07. The van der Waals surface area contributed by atoms with Crippen molar-refractivity contribution in [1.82, 2.24) is 9.80 Å². The summed E-state index contributed by atoms with van der Waals surface area (Å²) in [5.41, 5.74) is 1.76. The molecule has 0 N–H and O–H groups in total. The molecule has 1 aromatic carbocycles. The van der Waals surface area contributed by atoms with Gasteiger partial charge in [0.25, 0.3) is 5.69 Å². The third kappa shape index (κ3) is 4.30. The fourth-order valence-corrected chi connectivity index (χ4v) is 4.76. The molecule has 2 fully saturated rings. The number of benzene rings is 1. The summed E-state index contributed by atoms with van der Waals surface area (Å²) in [6, 6.07) is 3.68. The first-order valence-corrected chi connectivity index (χ1v) is 10.1. The van der Waals surface area contributed by atoms with E-state index in [1.165, 1.54) is 0 Å². The van der Waals surface area contributed by atoms with Crippen LogP contribution in [0.1, 0.15) is 37.8 Å². The third-order valence-electron chi connectivity index (χ3n) is 5.82. The maximum Gasteiger partial charge on any atom is 0.270 e. The lowest BCUT2D eigenvalue weighted by atomic mass is 10.1. The lowest BCUT2D eigenvalue weighted by Crippen LogP contribution is -2.50. The number of nitro groups is 1. The Morgan fingerprint density at radius 1 is 1.25 bits per heavy atom. The van der Waals surface area contributed by atoms with Crippen molar-refractivity contribution in [1.29, 1.82) is 0 Å². The molecule has 0 bridgehead atoms. The van der Waals surface area contributed by atoms with E-state index in [0.717, 1.165) is 55.9 Å². The van der Waals surface area contributed by atoms with Crippen molar-refractivity contribution in [2.75, 3.05) is 33.0 Å². The Kier molecular flexibility index (Phi) is 5.82. The topological polar surface area (TPSA) is 77.3 Å². The molecule has 0 aromatic heterocycles. The van der Waals surface area contributed by atoms with Crippen LogP contribution in [-0.2, 0) is 22.6 Å². The molecule has 3 aliphatic heterocycles. The van der Waals surface area contributed by atoms with E-state index in [1.807, 2.05) is 0 Å². The molecule has 0 radical (unpaired) electrons. The highest BCUT2D eigenvalue weighted by atomic mass is 16.7. The lowest BCUT2D eigenvalue weighted by molar-refractivity contribution is -0.385. The number of nitrogens with zero attached hydrogens (tertiary/aromatic N) is 3. The highest BCUT2D eigenvalue weighted by Gasteiger charge is 2.31. The molecule has 8 nitrogen and oxygen atoms in total.